The molecule has 2 atom stereocenters. The van der Waals surface area contributed by atoms with Crippen molar-refractivity contribution >= 4 is 15.9 Å². The molecule has 1 N–H and O–H groups in total. The zero-order chi connectivity index (χ0) is 21.6. The first-order chi connectivity index (χ1) is 14.9. The Kier molecular flexibility index (Phi) is 5.73. The molecule has 1 aromatic rings. The zero-order valence-electron chi connectivity index (χ0n) is 18.1. The summed E-state index contributed by atoms with van der Waals surface area (Å²) in [5, 5.41) is -0.272. The second-order valence-corrected chi connectivity index (χ2v) is 11.5. The summed E-state index contributed by atoms with van der Waals surface area (Å²) < 4.78 is 40.3. The molecule has 1 saturated heterocycles. The number of rotatable bonds is 3. The second-order valence-electron chi connectivity index (χ2n) is 9.49. The minimum absolute atomic E-state index is 0.0365. The third-order valence-corrected chi connectivity index (χ3v) is 9.35. The highest BCUT2D eigenvalue weighted by molar-refractivity contribution is 7.90. The second kappa shape index (κ2) is 8.37. The molecule has 8 heteroatoms. The molecule has 7 nitrogen and oxygen atoms in total. The van der Waals surface area contributed by atoms with Gasteiger partial charge in [0.05, 0.1) is 24.0 Å². The Morgan fingerprint density at radius 3 is 2.58 bits per heavy atom. The number of carbonyl (C=O) groups excluding carboxylic acids is 1. The van der Waals surface area contributed by atoms with Gasteiger partial charge in [0.2, 0.25) is 10.0 Å². The molecular formula is C23H32N2O5S. The summed E-state index contributed by atoms with van der Waals surface area (Å²) in [5.41, 5.74) is 2.43. The quantitative estimate of drug-likeness (QED) is 0.768. The number of sulfonamides is 1. The molecule has 31 heavy (non-hydrogen) atoms. The van der Waals surface area contributed by atoms with Crippen molar-refractivity contribution in [3.8, 4) is 5.75 Å². The standard InChI is InChI=1S/C23H32N2O5S/c1-15-3-2-4-21-23(15)16-5-7-17(8-6-16)29-13-20-19(24-31(27,28)18-9-10-18)11-12-25(20)22(26)14-30-21/h2-4,16-20,24H,5-14H2,1H3/t16?,17?,19-,20-/m0/s1. The van der Waals surface area contributed by atoms with E-state index >= 15 is 0 Å². The van der Waals surface area contributed by atoms with Crippen LogP contribution in [0, 0.1) is 6.92 Å². The lowest BCUT2D eigenvalue weighted by Gasteiger charge is -2.32. The first-order valence-electron chi connectivity index (χ1n) is 11.6. The summed E-state index contributed by atoms with van der Waals surface area (Å²) in [4.78, 5) is 14.9. The van der Waals surface area contributed by atoms with E-state index in [1.165, 1.54) is 11.1 Å². The minimum atomic E-state index is -3.33. The van der Waals surface area contributed by atoms with Gasteiger partial charge in [-0.1, -0.05) is 12.1 Å². The van der Waals surface area contributed by atoms with Crippen molar-refractivity contribution in [3.05, 3.63) is 29.3 Å². The minimum Gasteiger partial charge on any atom is -0.483 e. The number of hydrogen-bond acceptors (Lipinski definition) is 5. The van der Waals surface area contributed by atoms with Gasteiger partial charge in [-0.2, -0.15) is 0 Å². The summed E-state index contributed by atoms with van der Waals surface area (Å²) in [7, 11) is -3.33. The SMILES string of the molecule is Cc1cccc2c1C1CCC(CC1)OC[C@H]1[C@@H](NS(=O)(=O)C3CC3)CCN1C(=O)CO2. The van der Waals surface area contributed by atoms with Crippen LogP contribution >= 0.6 is 0 Å². The topological polar surface area (TPSA) is 84.9 Å². The molecule has 3 fully saturated rings. The third kappa shape index (κ3) is 4.34. The lowest BCUT2D eigenvalue weighted by Crippen LogP contribution is -2.51. The maximum atomic E-state index is 13.1. The molecule has 2 bridgehead atoms. The lowest BCUT2D eigenvalue weighted by atomic mass is 9.80. The van der Waals surface area contributed by atoms with Crippen LogP contribution in [0.3, 0.4) is 0 Å². The Bertz CT molecular complexity index is 937. The van der Waals surface area contributed by atoms with Crippen molar-refractivity contribution in [2.24, 2.45) is 0 Å². The van der Waals surface area contributed by atoms with Crippen molar-refractivity contribution in [1.29, 1.82) is 0 Å². The van der Waals surface area contributed by atoms with Gasteiger partial charge in [0.25, 0.3) is 5.91 Å². The van der Waals surface area contributed by atoms with Crippen molar-refractivity contribution in [1.82, 2.24) is 9.62 Å². The highest BCUT2D eigenvalue weighted by Crippen LogP contribution is 2.40. The van der Waals surface area contributed by atoms with Crippen LogP contribution in [0.15, 0.2) is 18.2 Å². The zero-order valence-corrected chi connectivity index (χ0v) is 18.9. The maximum Gasteiger partial charge on any atom is 0.260 e. The van der Waals surface area contributed by atoms with Crippen LogP contribution in [-0.4, -0.2) is 62.4 Å². The molecule has 5 aliphatic rings. The van der Waals surface area contributed by atoms with E-state index in [0.717, 1.165) is 44.3 Å². The molecule has 170 valence electrons. The van der Waals surface area contributed by atoms with Crippen LogP contribution < -0.4 is 9.46 Å². The van der Waals surface area contributed by atoms with Crippen LogP contribution in [0.4, 0.5) is 0 Å². The molecular weight excluding hydrogens is 416 g/mol. The van der Waals surface area contributed by atoms with Crippen molar-refractivity contribution < 1.29 is 22.7 Å². The molecule has 6 rings (SSSR count). The van der Waals surface area contributed by atoms with Crippen LogP contribution in [0.25, 0.3) is 0 Å². The van der Waals surface area contributed by atoms with Gasteiger partial charge in [-0.25, -0.2) is 13.1 Å². The maximum absolute atomic E-state index is 13.1. The first kappa shape index (κ1) is 21.2. The molecule has 2 aliphatic carbocycles. The number of hydrogen-bond donors (Lipinski definition) is 1. The van der Waals surface area contributed by atoms with Gasteiger partial charge in [-0.15, -0.1) is 0 Å². The van der Waals surface area contributed by atoms with Crippen molar-refractivity contribution in [2.75, 3.05) is 19.8 Å². The monoisotopic (exact) mass is 448 g/mol. The lowest BCUT2D eigenvalue weighted by molar-refractivity contribution is -0.136. The van der Waals surface area contributed by atoms with Gasteiger partial charge < -0.3 is 14.4 Å². The third-order valence-electron chi connectivity index (χ3n) is 7.37. The van der Waals surface area contributed by atoms with Gasteiger partial charge in [-0.3, -0.25) is 4.79 Å². The first-order valence-corrected chi connectivity index (χ1v) is 13.1. The van der Waals surface area contributed by atoms with E-state index in [0.29, 0.717) is 25.5 Å². The van der Waals surface area contributed by atoms with Crippen LogP contribution in [0.5, 0.6) is 5.75 Å². The van der Waals surface area contributed by atoms with E-state index in [-0.39, 0.29) is 36.0 Å². The molecule has 0 aromatic heterocycles. The molecule has 3 aliphatic heterocycles. The number of carbonyl (C=O) groups is 1. The van der Waals surface area contributed by atoms with Crippen LogP contribution in [0.2, 0.25) is 0 Å². The summed E-state index contributed by atoms with van der Waals surface area (Å²) >= 11 is 0. The molecule has 0 radical (unpaired) electrons. The molecule has 3 heterocycles. The Hall–Kier alpha value is -1.64. The molecule has 0 spiro atoms. The molecule has 1 amide bonds. The Labute approximate surface area is 184 Å². The van der Waals surface area contributed by atoms with E-state index < -0.39 is 10.0 Å². The number of aryl methyl sites for hydroxylation is 1. The molecule has 2 saturated carbocycles. The highest BCUT2D eigenvalue weighted by Gasteiger charge is 2.44. The fourth-order valence-electron chi connectivity index (χ4n) is 5.47. The van der Waals surface area contributed by atoms with Crippen molar-refractivity contribution in [2.45, 2.75) is 81.2 Å². The normalized spacial score (nSPS) is 31.8. The van der Waals surface area contributed by atoms with E-state index in [1.807, 2.05) is 12.1 Å². The van der Waals surface area contributed by atoms with E-state index in [9.17, 15) is 13.2 Å². The molecule has 1 aromatic carbocycles. The predicted octanol–water partition coefficient (Wildman–Crippen LogP) is 2.48. The fourth-order valence-corrected chi connectivity index (χ4v) is 7.12. The number of benzene rings is 1. The highest BCUT2D eigenvalue weighted by atomic mass is 32.2. The van der Waals surface area contributed by atoms with Crippen LogP contribution in [-0.2, 0) is 19.6 Å². The average Bonchev–Trinajstić information content (AvgIpc) is 3.54. The van der Waals surface area contributed by atoms with Gasteiger partial charge in [0.15, 0.2) is 6.61 Å². The number of fused-ring (bicyclic) bond motifs is 5. The van der Waals surface area contributed by atoms with Crippen LogP contribution in [0.1, 0.15) is 62.0 Å². The summed E-state index contributed by atoms with van der Waals surface area (Å²) in [6.45, 7) is 2.95. The van der Waals surface area contributed by atoms with Gasteiger partial charge in [-0.05, 0) is 69.4 Å². The largest absolute Gasteiger partial charge is 0.483 e. The Morgan fingerprint density at radius 1 is 1.06 bits per heavy atom. The number of ether oxygens (including phenoxy) is 2. The average molecular weight is 449 g/mol. The van der Waals surface area contributed by atoms with E-state index in [1.54, 1.807) is 4.90 Å². The Balaban J connectivity index is 1.40. The predicted molar refractivity (Wildman–Crippen MR) is 117 cm³/mol. The van der Waals surface area contributed by atoms with Gasteiger partial charge >= 0.3 is 0 Å². The number of amides is 1. The van der Waals surface area contributed by atoms with E-state index in [2.05, 4.69) is 17.7 Å². The molecule has 0 unspecified atom stereocenters. The van der Waals surface area contributed by atoms with E-state index in [4.69, 9.17) is 9.47 Å². The summed E-state index contributed by atoms with van der Waals surface area (Å²) in [6.07, 6.45) is 6.22. The number of nitrogens with one attached hydrogen (secondary N) is 1. The number of nitrogens with zero attached hydrogens (tertiary/aromatic N) is 1. The van der Waals surface area contributed by atoms with Gasteiger partial charge in [0.1, 0.15) is 5.75 Å². The summed E-state index contributed by atoms with van der Waals surface area (Å²) in [5.74, 6) is 1.12. The van der Waals surface area contributed by atoms with Crippen molar-refractivity contribution in [3.63, 3.8) is 0 Å². The summed E-state index contributed by atoms with van der Waals surface area (Å²) in [6, 6.07) is 5.46. The fraction of sp³-hybridized carbons (Fsp3) is 0.696. The van der Waals surface area contributed by atoms with Gasteiger partial charge in [0, 0.05) is 18.2 Å². The Morgan fingerprint density at radius 2 is 1.84 bits per heavy atom. The smallest absolute Gasteiger partial charge is 0.260 e.